The summed E-state index contributed by atoms with van der Waals surface area (Å²) in [7, 11) is 0. The van der Waals surface area contributed by atoms with Crippen LogP contribution in [0, 0.1) is 0 Å². The van der Waals surface area contributed by atoms with Gasteiger partial charge in [-0.2, -0.15) is 0 Å². The van der Waals surface area contributed by atoms with Gasteiger partial charge in [-0.05, 0) is 25.0 Å². The molecule has 0 amide bonds. The Kier molecular flexibility index (Phi) is 8.25. The Labute approximate surface area is 127 Å². The van der Waals surface area contributed by atoms with Gasteiger partial charge in [0, 0.05) is 11.6 Å². The van der Waals surface area contributed by atoms with Gasteiger partial charge in [-0.3, -0.25) is 0 Å². The zero-order valence-electron chi connectivity index (χ0n) is 12.9. The zero-order valence-corrected chi connectivity index (χ0v) is 12.9. The number of ether oxygens (including phenoxy) is 1. The molecule has 3 heteroatoms. The average molecular weight is 290 g/mol. The Bertz CT molecular complexity index is 452. The molecule has 1 rings (SSSR count). The van der Waals surface area contributed by atoms with Crippen LogP contribution in [0.4, 0.5) is 0 Å². The van der Waals surface area contributed by atoms with E-state index in [2.05, 4.69) is 13.5 Å². The minimum Gasteiger partial charge on any atom is -0.508 e. The maximum Gasteiger partial charge on any atom is 0.335 e. The van der Waals surface area contributed by atoms with Crippen LogP contribution in [0.25, 0.3) is 0 Å². The largest absolute Gasteiger partial charge is 0.508 e. The molecule has 0 heterocycles. The number of esters is 1. The molecule has 0 spiro atoms. The first kappa shape index (κ1) is 17.3. The number of unbranched alkanes of at least 4 members (excludes halogenated alkanes) is 6. The van der Waals surface area contributed by atoms with Gasteiger partial charge in [0.2, 0.25) is 0 Å². The molecule has 0 radical (unpaired) electrons. The predicted molar refractivity (Wildman–Crippen MR) is 85.6 cm³/mol. The van der Waals surface area contributed by atoms with Gasteiger partial charge in [0.25, 0.3) is 0 Å². The molecule has 0 fully saturated rings. The van der Waals surface area contributed by atoms with Gasteiger partial charge < -0.3 is 9.84 Å². The van der Waals surface area contributed by atoms with E-state index < -0.39 is 5.97 Å². The molecule has 0 aliphatic heterocycles. The Balaban J connectivity index is 2.46. The lowest BCUT2D eigenvalue weighted by atomic mass is 10.0. The smallest absolute Gasteiger partial charge is 0.335 e. The van der Waals surface area contributed by atoms with Crippen molar-refractivity contribution in [3.05, 3.63) is 36.4 Å². The molecule has 3 nitrogen and oxygen atoms in total. The maximum atomic E-state index is 11.3. The maximum absolute atomic E-state index is 11.3. The highest BCUT2D eigenvalue weighted by atomic mass is 16.5. The normalized spacial score (nSPS) is 10.3. The highest BCUT2D eigenvalue weighted by Gasteiger charge is 2.11. The summed E-state index contributed by atoms with van der Waals surface area (Å²) < 4.78 is 5.17. The van der Waals surface area contributed by atoms with Crippen LogP contribution in [0.5, 0.6) is 11.5 Å². The van der Waals surface area contributed by atoms with Crippen molar-refractivity contribution in [3.63, 3.8) is 0 Å². The first-order valence-electron chi connectivity index (χ1n) is 7.84. The molecule has 116 valence electrons. The van der Waals surface area contributed by atoms with Gasteiger partial charge in [-0.15, -0.1) is 0 Å². The van der Waals surface area contributed by atoms with Crippen molar-refractivity contribution in [2.24, 2.45) is 0 Å². The Morgan fingerprint density at radius 2 is 1.86 bits per heavy atom. The van der Waals surface area contributed by atoms with E-state index >= 15 is 0 Å². The summed E-state index contributed by atoms with van der Waals surface area (Å²) in [6.45, 7) is 5.60. The summed E-state index contributed by atoms with van der Waals surface area (Å²) in [5.74, 6) is 0.127. The molecule has 0 aromatic heterocycles. The molecule has 0 unspecified atom stereocenters. The fourth-order valence-corrected chi connectivity index (χ4v) is 2.31. The van der Waals surface area contributed by atoms with Crippen LogP contribution in [-0.2, 0) is 11.2 Å². The molecule has 0 atom stereocenters. The third-order valence-corrected chi connectivity index (χ3v) is 3.52. The molecule has 0 saturated carbocycles. The van der Waals surface area contributed by atoms with Gasteiger partial charge in [0.15, 0.2) is 0 Å². The van der Waals surface area contributed by atoms with E-state index in [0.29, 0.717) is 11.3 Å². The second kappa shape index (κ2) is 10.0. The van der Waals surface area contributed by atoms with Crippen LogP contribution in [0.15, 0.2) is 30.9 Å². The van der Waals surface area contributed by atoms with E-state index in [9.17, 15) is 9.90 Å². The van der Waals surface area contributed by atoms with Crippen molar-refractivity contribution in [3.8, 4) is 11.5 Å². The quantitative estimate of drug-likeness (QED) is 0.292. The summed E-state index contributed by atoms with van der Waals surface area (Å²) >= 11 is 0. The Hall–Kier alpha value is -1.77. The third kappa shape index (κ3) is 6.48. The lowest BCUT2D eigenvalue weighted by Crippen LogP contribution is -2.05. The molecule has 0 bridgehead atoms. The fraction of sp³-hybridized carbons (Fsp3) is 0.500. The van der Waals surface area contributed by atoms with Gasteiger partial charge in [0.05, 0.1) is 0 Å². The second-order valence-electron chi connectivity index (χ2n) is 5.25. The average Bonchev–Trinajstić information content (AvgIpc) is 2.48. The Morgan fingerprint density at radius 1 is 1.19 bits per heavy atom. The highest BCUT2D eigenvalue weighted by molar-refractivity contribution is 5.83. The topological polar surface area (TPSA) is 46.5 Å². The van der Waals surface area contributed by atoms with E-state index in [1.807, 2.05) is 0 Å². The summed E-state index contributed by atoms with van der Waals surface area (Å²) in [6, 6.07) is 5.01. The number of carbonyl (C=O) groups is 1. The first-order chi connectivity index (χ1) is 10.2. The first-order valence-corrected chi connectivity index (χ1v) is 7.84. The number of phenols is 1. The predicted octanol–water partition coefficient (Wildman–Crippen LogP) is 4.78. The van der Waals surface area contributed by atoms with E-state index in [4.69, 9.17) is 4.74 Å². The molecule has 0 aliphatic rings. The monoisotopic (exact) mass is 290 g/mol. The van der Waals surface area contributed by atoms with Crippen LogP contribution in [0.2, 0.25) is 0 Å². The number of hydrogen-bond acceptors (Lipinski definition) is 3. The van der Waals surface area contributed by atoms with Gasteiger partial charge >= 0.3 is 5.97 Å². The molecule has 1 aromatic carbocycles. The SMILES string of the molecule is C=CC(=O)Oc1cccc(O)c1CCCCCCCCC. The van der Waals surface area contributed by atoms with Crippen molar-refractivity contribution in [2.75, 3.05) is 0 Å². The number of aromatic hydroxyl groups is 1. The number of hydrogen-bond donors (Lipinski definition) is 1. The highest BCUT2D eigenvalue weighted by Crippen LogP contribution is 2.29. The Morgan fingerprint density at radius 3 is 2.52 bits per heavy atom. The third-order valence-electron chi connectivity index (χ3n) is 3.52. The summed E-state index contributed by atoms with van der Waals surface area (Å²) in [5, 5.41) is 9.93. The number of phenolic OH excluding ortho intramolecular Hbond substituents is 1. The zero-order chi connectivity index (χ0) is 15.5. The molecular formula is C18H26O3. The molecule has 21 heavy (non-hydrogen) atoms. The van der Waals surface area contributed by atoms with E-state index in [-0.39, 0.29) is 5.75 Å². The summed E-state index contributed by atoms with van der Waals surface area (Å²) in [5.41, 5.74) is 0.709. The fourth-order valence-electron chi connectivity index (χ4n) is 2.31. The van der Waals surface area contributed by atoms with E-state index in [0.717, 1.165) is 25.3 Å². The lowest BCUT2D eigenvalue weighted by molar-refractivity contribution is -0.129. The second-order valence-corrected chi connectivity index (χ2v) is 5.25. The van der Waals surface area contributed by atoms with Crippen molar-refractivity contribution < 1.29 is 14.6 Å². The van der Waals surface area contributed by atoms with E-state index in [1.54, 1.807) is 18.2 Å². The minimum absolute atomic E-state index is 0.190. The number of rotatable bonds is 10. The van der Waals surface area contributed by atoms with Crippen molar-refractivity contribution in [2.45, 2.75) is 58.3 Å². The molecule has 0 aliphatic carbocycles. The molecular weight excluding hydrogens is 264 g/mol. The van der Waals surface area contributed by atoms with Crippen LogP contribution in [-0.4, -0.2) is 11.1 Å². The molecule has 1 N–H and O–H groups in total. The van der Waals surface area contributed by atoms with E-state index in [1.165, 1.54) is 32.1 Å². The minimum atomic E-state index is -0.499. The van der Waals surface area contributed by atoms with Crippen molar-refractivity contribution in [1.29, 1.82) is 0 Å². The van der Waals surface area contributed by atoms with Gasteiger partial charge in [-0.25, -0.2) is 4.79 Å². The standard InChI is InChI=1S/C18H26O3/c1-3-5-6-7-8-9-10-12-15-16(19)13-11-14-17(15)21-18(20)4-2/h4,11,13-14,19H,2-3,5-10,12H2,1H3. The van der Waals surface area contributed by atoms with Gasteiger partial charge in [-0.1, -0.05) is 58.1 Å². The van der Waals surface area contributed by atoms with Gasteiger partial charge in [0.1, 0.15) is 11.5 Å². The van der Waals surface area contributed by atoms with Crippen LogP contribution < -0.4 is 4.74 Å². The van der Waals surface area contributed by atoms with Crippen LogP contribution in [0.3, 0.4) is 0 Å². The lowest BCUT2D eigenvalue weighted by Gasteiger charge is -2.10. The van der Waals surface area contributed by atoms with Crippen LogP contribution in [0.1, 0.15) is 57.4 Å². The molecule has 1 aromatic rings. The molecule has 0 saturated heterocycles. The summed E-state index contributed by atoms with van der Waals surface area (Å²) in [4.78, 5) is 11.3. The number of benzene rings is 1. The summed E-state index contributed by atoms with van der Waals surface area (Å²) in [6.07, 6.45) is 10.3. The van der Waals surface area contributed by atoms with Crippen molar-refractivity contribution >= 4 is 5.97 Å². The number of carbonyl (C=O) groups excluding carboxylic acids is 1. The van der Waals surface area contributed by atoms with Crippen molar-refractivity contribution in [1.82, 2.24) is 0 Å². The van der Waals surface area contributed by atoms with Crippen LogP contribution >= 0.6 is 0 Å².